The second kappa shape index (κ2) is 28.8. The topological polar surface area (TPSA) is 158 Å². The quantitative estimate of drug-likeness (QED) is 0.0357. The largest absolute Gasteiger partial charge is 0.493 e. The van der Waals surface area contributed by atoms with E-state index in [2.05, 4.69) is 95.2 Å². The van der Waals surface area contributed by atoms with Crippen LogP contribution in [0.5, 0.6) is 34.5 Å². The summed E-state index contributed by atoms with van der Waals surface area (Å²) in [6.07, 6.45) is 9.61. The van der Waals surface area contributed by atoms with Crippen LogP contribution in [0.4, 0.5) is 0 Å². The number of rotatable bonds is 20. The Hall–Kier alpha value is -6.82. The van der Waals surface area contributed by atoms with E-state index in [1.54, 1.807) is 102 Å². The number of hydrogen-bond acceptors (Lipinski definition) is 12. The molecule has 472 valence electrons. The van der Waals surface area contributed by atoms with Crippen molar-refractivity contribution in [3.63, 3.8) is 0 Å². The molecule has 0 aliphatic rings. The molecule has 0 N–H and O–H groups in total. The van der Waals surface area contributed by atoms with Gasteiger partial charge in [-0.3, -0.25) is 28.8 Å². The second-order valence-corrected chi connectivity index (χ2v) is 29.8. The van der Waals surface area contributed by atoms with Crippen LogP contribution in [0.1, 0.15) is 260 Å². The molecule has 0 fully saturated rings. The SMILES string of the molecule is CCCOc1c(C(C)(C)C)cc(C(C)(C)C)c(OC(=O)C(C)(C)C)c1/C=C/C(=O)c1ccc(OC(=O)C(C)(C)C)cc1.CCCOc1c(C(C)(C)CC)cc(C(C)(C)CC)c(OC(=O)C(C)(C)C)c1/C=C/C(=O)c1ccc(OC(=O)C(C)(C)C)cc1. The summed E-state index contributed by atoms with van der Waals surface area (Å²) in [5.74, 6) is 0.842. The third-order valence-electron chi connectivity index (χ3n) is 14.6. The van der Waals surface area contributed by atoms with Gasteiger partial charge in [0.25, 0.3) is 0 Å². The van der Waals surface area contributed by atoms with E-state index >= 15 is 0 Å². The summed E-state index contributed by atoms with van der Waals surface area (Å²) in [5.41, 5.74) is 1.71. The van der Waals surface area contributed by atoms with Crippen molar-refractivity contribution >= 4 is 47.6 Å². The fourth-order valence-corrected chi connectivity index (χ4v) is 7.98. The molecule has 0 saturated carbocycles. The van der Waals surface area contributed by atoms with Gasteiger partial charge >= 0.3 is 23.9 Å². The molecule has 4 aromatic carbocycles. The molecule has 12 heteroatoms. The molecule has 4 rings (SSSR count). The minimum absolute atomic E-state index is 0.246. The van der Waals surface area contributed by atoms with Crippen LogP contribution in [0, 0.1) is 21.7 Å². The molecule has 4 aromatic rings. The van der Waals surface area contributed by atoms with Gasteiger partial charge in [0.05, 0.1) is 46.0 Å². The number of carbonyl (C=O) groups is 6. The Kier molecular flexibility index (Phi) is 24.6. The standard InChI is InChI=1S/C38H54O6.C36H50O6/c1-14-23-42-31-27(21-22-30(39)25-17-19-26(20-18-25)43-33(40)35(4,5)6)32(44-34(41)36(7,8)9)29(38(12,13)16-3)24-28(31)37(10,11)15-2;1-14-21-40-29-25(19-20-28(37)23-15-17-24(18-16-23)41-31(38)35(8,9)10)30(42-32(39)36(11,12)13)27(34(5,6)7)22-26(29)33(2,3)4/h17-22,24H,14-16,23H2,1-13H3;15-20,22H,14,21H2,1-13H3/b22-21+;20-19+. The smallest absolute Gasteiger partial charge is 0.316 e. The van der Waals surface area contributed by atoms with Crippen molar-refractivity contribution in [1.82, 2.24) is 0 Å². The molecule has 0 unspecified atom stereocenters. The van der Waals surface area contributed by atoms with Crippen molar-refractivity contribution in [2.24, 2.45) is 21.7 Å². The maximum absolute atomic E-state index is 13.5. The number of esters is 4. The highest BCUT2D eigenvalue weighted by Gasteiger charge is 2.37. The lowest BCUT2D eigenvalue weighted by molar-refractivity contribution is -0.143. The number of allylic oxidation sites excluding steroid dienone is 2. The van der Waals surface area contributed by atoms with Gasteiger partial charge in [0.2, 0.25) is 0 Å². The zero-order valence-electron chi connectivity index (χ0n) is 57.2. The van der Waals surface area contributed by atoms with Crippen LogP contribution in [-0.4, -0.2) is 48.7 Å². The molecule has 0 aromatic heterocycles. The summed E-state index contributed by atoms with van der Waals surface area (Å²) in [5, 5.41) is 0. The van der Waals surface area contributed by atoms with Gasteiger partial charge in [-0.15, -0.1) is 0 Å². The normalized spacial score (nSPS) is 12.8. The molecule has 0 atom stereocenters. The van der Waals surface area contributed by atoms with Gasteiger partial charge in [-0.05, 0) is 215 Å². The van der Waals surface area contributed by atoms with Crippen molar-refractivity contribution < 1.29 is 57.2 Å². The van der Waals surface area contributed by atoms with E-state index < -0.39 is 21.7 Å². The van der Waals surface area contributed by atoms with Gasteiger partial charge in [-0.25, -0.2) is 0 Å². The highest BCUT2D eigenvalue weighted by atomic mass is 16.6. The molecular formula is C74H104O12. The van der Waals surface area contributed by atoms with Crippen LogP contribution in [-0.2, 0) is 40.8 Å². The molecule has 12 nitrogen and oxygen atoms in total. The first-order valence-corrected chi connectivity index (χ1v) is 30.5. The fraction of sp³-hybridized carbons (Fsp3) is 0.541. The van der Waals surface area contributed by atoms with Crippen molar-refractivity contribution in [2.75, 3.05) is 13.2 Å². The van der Waals surface area contributed by atoms with Crippen LogP contribution in [0.2, 0.25) is 0 Å². The minimum Gasteiger partial charge on any atom is -0.493 e. The Balaban J connectivity index is 0.000000451. The van der Waals surface area contributed by atoms with Gasteiger partial charge in [0.1, 0.15) is 34.5 Å². The average Bonchev–Trinajstić information content (AvgIpc) is 0.787. The highest BCUT2D eigenvalue weighted by Crippen LogP contribution is 2.49. The van der Waals surface area contributed by atoms with Gasteiger partial charge in [0, 0.05) is 33.4 Å². The lowest BCUT2D eigenvalue weighted by Crippen LogP contribution is -2.29. The van der Waals surface area contributed by atoms with Crippen LogP contribution >= 0.6 is 0 Å². The Bertz CT molecular complexity index is 3100. The van der Waals surface area contributed by atoms with E-state index in [9.17, 15) is 28.8 Å². The number of benzene rings is 4. The highest BCUT2D eigenvalue weighted by molar-refractivity contribution is 6.08. The summed E-state index contributed by atoms with van der Waals surface area (Å²) < 4.78 is 36.0. The van der Waals surface area contributed by atoms with E-state index in [-0.39, 0.29) is 57.1 Å². The number of hydrogen-bond donors (Lipinski definition) is 0. The minimum atomic E-state index is -0.742. The van der Waals surface area contributed by atoms with Gasteiger partial charge in [-0.2, -0.15) is 0 Å². The number of ether oxygens (including phenoxy) is 6. The summed E-state index contributed by atoms with van der Waals surface area (Å²) in [7, 11) is 0. The van der Waals surface area contributed by atoms with Crippen molar-refractivity contribution in [1.29, 1.82) is 0 Å². The zero-order chi connectivity index (χ0) is 65.9. The van der Waals surface area contributed by atoms with Crippen LogP contribution in [0.25, 0.3) is 12.2 Å². The monoisotopic (exact) mass is 1180 g/mol. The molecule has 86 heavy (non-hydrogen) atoms. The van der Waals surface area contributed by atoms with E-state index in [1.807, 2.05) is 55.4 Å². The molecule has 0 aliphatic carbocycles. The van der Waals surface area contributed by atoms with E-state index in [1.165, 1.54) is 12.2 Å². The maximum Gasteiger partial charge on any atom is 0.316 e. The molecule has 0 saturated heterocycles. The second-order valence-electron chi connectivity index (χ2n) is 29.8. The Morgan fingerprint density at radius 2 is 0.628 bits per heavy atom. The summed E-state index contributed by atoms with van der Waals surface area (Å²) in [6, 6.07) is 17.2. The van der Waals surface area contributed by atoms with Crippen molar-refractivity contribution in [3.8, 4) is 34.5 Å². The molecule has 0 radical (unpaired) electrons. The zero-order valence-corrected chi connectivity index (χ0v) is 57.2. The lowest BCUT2D eigenvalue weighted by atomic mass is 9.74. The Labute approximate surface area is 516 Å². The van der Waals surface area contributed by atoms with Gasteiger partial charge < -0.3 is 28.4 Å². The summed E-state index contributed by atoms with van der Waals surface area (Å²) in [6.45, 7) is 52.1. The molecule has 0 bridgehead atoms. The van der Waals surface area contributed by atoms with Crippen molar-refractivity contribution in [3.05, 3.63) is 117 Å². The maximum atomic E-state index is 13.5. The summed E-state index contributed by atoms with van der Waals surface area (Å²) in [4.78, 5) is 77.9. The lowest BCUT2D eigenvalue weighted by Gasteiger charge is -2.34. The average molecular weight is 1190 g/mol. The molecule has 0 amide bonds. The third-order valence-corrected chi connectivity index (χ3v) is 14.6. The van der Waals surface area contributed by atoms with Crippen LogP contribution in [0.3, 0.4) is 0 Å². The predicted molar refractivity (Wildman–Crippen MR) is 348 cm³/mol. The van der Waals surface area contributed by atoms with Crippen LogP contribution < -0.4 is 28.4 Å². The first-order chi connectivity index (χ1) is 39.3. The number of carbonyl (C=O) groups excluding carboxylic acids is 6. The summed E-state index contributed by atoms with van der Waals surface area (Å²) >= 11 is 0. The molecule has 0 spiro atoms. The van der Waals surface area contributed by atoms with E-state index in [4.69, 9.17) is 28.4 Å². The fourth-order valence-electron chi connectivity index (χ4n) is 7.98. The predicted octanol–water partition coefficient (Wildman–Crippen LogP) is 18.5. The van der Waals surface area contributed by atoms with Gasteiger partial charge in [-0.1, -0.05) is 96.9 Å². The van der Waals surface area contributed by atoms with E-state index in [0.29, 0.717) is 70.0 Å². The Morgan fingerprint density at radius 1 is 0.360 bits per heavy atom. The first kappa shape index (κ1) is 73.4. The van der Waals surface area contributed by atoms with Crippen LogP contribution in [0.15, 0.2) is 72.8 Å². The number of ketones is 2. The third kappa shape index (κ3) is 20.1. The molecule has 0 aliphatic heterocycles. The van der Waals surface area contributed by atoms with Gasteiger partial charge in [0.15, 0.2) is 11.6 Å². The molecular weight excluding hydrogens is 1080 g/mol. The van der Waals surface area contributed by atoms with E-state index in [0.717, 1.165) is 47.9 Å². The Morgan fingerprint density at radius 3 is 0.919 bits per heavy atom. The molecule has 0 heterocycles. The van der Waals surface area contributed by atoms with Crippen molar-refractivity contribution in [2.45, 2.75) is 227 Å². The first-order valence-electron chi connectivity index (χ1n) is 30.5.